The van der Waals surface area contributed by atoms with Gasteiger partial charge in [0, 0.05) is 5.92 Å². The van der Waals surface area contributed by atoms with Crippen molar-refractivity contribution in [3.63, 3.8) is 0 Å². The van der Waals surface area contributed by atoms with Crippen molar-refractivity contribution >= 4 is 11.9 Å². The molecule has 0 fully saturated rings. The Labute approximate surface area is 245 Å². The number of nitrogens with one attached hydrogen (secondary N) is 2. The monoisotopic (exact) mass is 584 g/mol. The average Bonchev–Trinajstić information content (AvgIpc) is 3.58. The van der Waals surface area contributed by atoms with Crippen LogP contribution in [0.2, 0.25) is 0 Å². The zero-order valence-corrected chi connectivity index (χ0v) is 23.7. The highest BCUT2D eigenvalue weighted by Crippen LogP contribution is 2.37. The number of carbonyl (C=O) groups is 2. The van der Waals surface area contributed by atoms with E-state index in [1.165, 1.54) is 37.8 Å². The molecule has 220 valence electrons. The lowest BCUT2D eigenvalue weighted by molar-refractivity contribution is 0.0585. The van der Waals surface area contributed by atoms with Gasteiger partial charge >= 0.3 is 11.9 Å². The predicted octanol–water partition coefficient (Wildman–Crippen LogP) is 3.42. The molecule has 0 aliphatic heterocycles. The second-order valence-electron chi connectivity index (χ2n) is 9.28. The standard InChI is InChI=1S/C31H28N4O8/c1-40-21-16-15-18(17-22(21)41-2)23(24-26(30(38)42-3)32-34(28(24)36)19-11-7-5-8-12-19)25-27(31(39)43-4)33-35(29(25)37)20-13-9-6-10-14-20/h5-17,23,32-33H,1-4H3. The minimum absolute atomic E-state index is 0.135. The van der Waals surface area contributed by atoms with Gasteiger partial charge in [-0.15, -0.1) is 0 Å². The van der Waals surface area contributed by atoms with Crippen LogP contribution in [0.15, 0.2) is 88.5 Å². The van der Waals surface area contributed by atoms with E-state index in [4.69, 9.17) is 18.9 Å². The van der Waals surface area contributed by atoms with Gasteiger partial charge in [-0.2, -0.15) is 0 Å². The molecule has 43 heavy (non-hydrogen) atoms. The van der Waals surface area contributed by atoms with Gasteiger partial charge in [0.15, 0.2) is 22.9 Å². The second kappa shape index (κ2) is 12.0. The molecule has 0 unspecified atom stereocenters. The molecule has 2 N–H and O–H groups in total. The van der Waals surface area contributed by atoms with Gasteiger partial charge in [0.1, 0.15) is 0 Å². The first-order chi connectivity index (χ1) is 20.8. The molecule has 3 aromatic carbocycles. The van der Waals surface area contributed by atoms with Crippen molar-refractivity contribution in [3.8, 4) is 22.9 Å². The number of H-pyrrole nitrogens is 2. The summed E-state index contributed by atoms with van der Waals surface area (Å²) in [6.07, 6.45) is 0. The Morgan fingerprint density at radius 3 is 1.47 bits per heavy atom. The average molecular weight is 585 g/mol. The summed E-state index contributed by atoms with van der Waals surface area (Å²) in [4.78, 5) is 54.8. The van der Waals surface area contributed by atoms with Crippen molar-refractivity contribution in [2.75, 3.05) is 28.4 Å². The largest absolute Gasteiger partial charge is 0.493 e. The molecule has 0 atom stereocenters. The van der Waals surface area contributed by atoms with Crippen LogP contribution in [0.4, 0.5) is 0 Å². The Bertz CT molecular complexity index is 1790. The van der Waals surface area contributed by atoms with Crippen molar-refractivity contribution in [1.82, 2.24) is 19.6 Å². The van der Waals surface area contributed by atoms with Gasteiger partial charge in [0.25, 0.3) is 11.1 Å². The number of hydrogen-bond donors (Lipinski definition) is 2. The number of nitrogens with zero attached hydrogens (tertiary/aromatic N) is 2. The van der Waals surface area contributed by atoms with Crippen LogP contribution in [0.3, 0.4) is 0 Å². The molecule has 0 bridgehead atoms. The Balaban J connectivity index is 1.92. The number of esters is 2. The number of hydrogen-bond acceptors (Lipinski definition) is 8. The molecule has 0 aliphatic rings. The Morgan fingerprint density at radius 2 is 1.07 bits per heavy atom. The maximum atomic E-state index is 14.2. The molecule has 12 nitrogen and oxygen atoms in total. The van der Waals surface area contributed by atoms with E-state index in [1.807, 2.05) is 0 Å². The van der Waals surface area contributed by atoms with Crippen molar-refractivity contribution in [1.29, 1.82) is 0 Å². The van der Waals surface area contributed by atoms with Crippen LogP contribution < -0.4 is 20.6 Å². The third-order valence-corrected chi connectivity index (χ3v) is 6.98. The zero-order chi connectivity index (χ0) is 30.7. The Morgan fingerprint density at radius 1 is 0.628 bits per heavy atom. The van der Waals surface area contributed by atoms with Gasteiger partial charge in [-0.25, -0.2) is 19.0 Å². The van der Waals surface area contributed by atoms with E-state index in [-0.39, 0.29) is 22.5 Å². The lowest BCUT2D eigenvalue weighted by atomic mass is 9.84. The van der Waals surface area contributed by atoms with E-state index in [9.17, 15) is 19.2 Å². The molecule has 0 saturated carbocycles. The summed E-state index contributed by atoms with van der Waals surface area (Å²) in [5.74, 6) is -2.32. The Hall–Kier alpha value is -5.78. The number of para-hydroxylation sites is 2. The van der Waals surface area contributed by atoms with E-state index in [0.29, 0.717) is 28.4 Å². The lowest BCUT2D eigenvalue weighted by Crippen LogP contribution is -2.26. The fraction of sp³-hybridized carbons (Fsp3) is 0.161. The topological polar surface area (TPSA) is 147 Å². The molecular weight excluding hydrogens is 556 g/mol. The van der Waals surface area contributed by atoms with Gasteiger partial charge < -0.3 is 18.9 Å². The number of carbonyl (C=O) groups excluding carboxylic acids is 2. The van der Waals surface area contributed by atoms with Crippen LogP contribution >= 0.6 is 0 Å². The minimum atomic E-state index is -1.29. The highest BCUT2D eigenvalue weighted by molar-refractivity contribution is 5.92. The van der Waals surface area contributed by atoms with Crippen LogP contribution in [0, 0.1) is 0 Å². The number of aromatic nitrogens is 4. The lowest BCUT2D eigenvalue weighted by Gasteiger charge is -2.18. The van der Waals surface area contributed by atoms with E-state index in [2.05, 4.69) is 10.2 Å². The molecule has 0 aliphatic carbocycles. The molecule has 0 spiro atoms. The number of aromatic amines is 2. The van der Waals surface area contributed by atoms with Crippen molar-refractivity contribution in [3.05, 3.63) is 128 Å². The first-order valence-electron chi connectivity index (χ1n) is 13.0. The summed E-state index contributed by atoms with van der Waals surface area (Å²) in [5.41, 5.74) is -0.770. The fourth-order valence-corrected chi connectivity index (χ4v) is 4.98. The first-order valence-corrected chi connectivity index (χ1v) is 13.0. The predicted molar refractivity (Wildman–Crippen MR) is 156 cm³/mol. The minimum Gasteiger partial charge on any atom is -0.493 e. The third-order valence-electron chi connectivity index (χ3n) is 6.98. The third kappa shape index (κ3) is 5.10. The number of benzene rings is 3. The summed E-state index contributed by atoms with van der Waals surface area (Å²) < 4.78 is 23.3. The zero-order valence-electron chi connectivity index (χ0n) is 23.7. The maximum absolute atomic E-state index is 14.2. The molecular formula is C31H28N4O8. The van der Waals surface area contributed by atoms with Crippen LogP contribution in [0.1, 0.15) is 43.6 Å². The molecule has 0 radical (unpaired) electrons. The molecule has 5 aromatic rings. The smallest absolute Gasteiger partial charge is 0.356 e. The first kappa shape index (κ1) is 28.7. The van der Waals surface area contributed by atoms with Crippen LogP contribution in [-0.4, -0.2) is 59.9 Å². The van der Waals surface area contributed by atoms with Crippen LogP contribution in [-0.2, 0) is 9.47 Å². The van der Waals surface area contributed by atoms with E-state index >= 15 is 0 Å². The van der Waals surface area contributed by atoms with E-state index in [0.717, 1.165) is 0 Å². The summed E-state index contributed by atoms with van der Waals surface area (Å²) >= 11 is 0. The van der Waals surface area contributed by atoms with Gasteiger partial charge in [-0.3, -0.25) is 19.8 Å². The molecule has 2 aromatic heterocycles. The maximum Gasteiger partial charge on any atom is 0.356 e. The van der Waals surface area contributed by atoms with Crippen molar-refractivity contribution < 1.29 is 28.5 Å². The molecule has 5 rings (SSSR count). The SMILES string of the molecule is COC(=O)c1[nH]n(-c2ccccc2)c(=O)c1C(c1ccc(OC)c(OC)c1)c1c(C(=O)OC)[nH]n(-c2ccccc2)c1=O. The number of methoxy groups -OCH3 is 4. The number of ether oxygens (including phenoxy) is 4. The molecule has 0 saturated heterocycles. The number of rotatable bonds is 9. The van der Waals surface area contributed by atoms with Gasteiger partial charge in [-0.05, 0) is 42.0 Å². The summed E-state index contributed by atoms with van der Waals surface area (Å²) in [5, 5.41) is 5.69. The van der Waals surface area contributed by atoms with Crippen molar-refractivity contribution in [2.24, 2.45) is 0 Å². The van der Waals surface area contributed by atoms with E-state index in [1.54, 1.807) is 78.9 Å². The fourth-order valence-electron chi connectivity index (χ4n) is 4.98. The van der Waals surface area contributed by atoms with Crippen molar-refractivity contribution in [2.45, 2.75) is 5.92 Å². The molecule has 2 heterocycles. The van der Waals surface area contributed by atoms with E-state index < -0.39 is 29.0 Å². The highest BCUT2D eigenvalue weighted by atomic mass is 16.5. The summed E-state index contributed by atoms with van der Waals surface area (Å²) in [6, 6.07) is 22.0. The van der Waals surface area contributed by atoms with Gasteiger partial charge in [-0.1, -0.05) is 42.5 Å². The summed E-state index contributed by atoms with van der Waals surface area (Å²) in [6.45, 7) is 0. The normalized spacial score (nSPS) is 10.9. The Kier molecular flexibility index (Phi) is 8.01. The molecule has 0 amide bonds. The summed E-state index contributed by atoms with van der Waals surface area (Å²) in [7, 11) is 5.26. The highest BCUT2D eigenvalue weighted by Gasteiger charge is 2.37. The quantitative estimate of drug-likeness (QED) is 0.251. The molecule has 12 heteroatoms. The van der Waals surface area contributed by atoms with Crippen LogP contribution in [0.25, 0.3) is 11.4 Å². The van der Waals surface area contributed by atoms with Gasteiger partial charge in [0.2, 0.25) is 0 Å². The van der Waals surface area contributed by atoms with Gasteiger partial charge in [0.05, 0.1) is 50.9 Å². The van der Waals surface area contributed by atoms with Crippen LogP contribution in [0.5, 0.6) is 11.5 Å². The second-order valence-corrected chi connectivity index (χ2v) is 9.28.